The molecule has 3 aliphatic rings. The Morgan fingerprint density at radius 3 is 2.91 bits per heavy atom. The molecule has 168 valence electrons. The molecule has 6 rings (SSSR count). The van der Waals surface area contributed by atoms with Crippen molar-refractivity contribution in [2.75, 3.05) is 23.8 Å². The smallest absolute Gasteiger partial charge is 0.222 e. The Kier molecular flexibility index (Phi) is 4.60. The summed E-state index contributed by atoms with van der Waals surface area (Å²) in [6.07, 6.45) is 7.69. The van der Waals surface area contributed by atoms with Crippen molar-refractivity contribution in [1.29, 1.82) is 0 Å². The first-order valence-electron chi connectivity index (χ1n) is 11.6. The lowest BCUT2D eigenvalue weighted by atomic mass is 9.76. The van der Waals surface area contributed by atoms with Crippen LogP contribution in [0.4, 0.5) is 17.5 Å². The maximum absolute atomic E-state index is 6.14. The molecule has 1 aliphatic carbocycles. The molecule has 3 aromatic rings. The van der Waals surface area contributed by atoms with Crippen LogP contribution in [0.2, 0.25) is 0 Å². The van der Waals surface area contributed by atoms with Crippen LogP contribution in [0.5, 0.6) is 5.75 Å². The Hall–Kier alpha value is -3.48. The standard InChI is InChI=1S/C26H28N6O/c1-26(2)7-5-20-19(13-26)24(31-25(27)30-20)32-9-10-33-23-4-3-16(11-18(23)15-32)17-12-22-21(29-14-17)6-8-28-22/h3-4,8,11-12,14H,5-7,9-10,13,15H2,1-2H3,(H2,27,30,31). The van der Waals surface area contributed by atoms with E-state index in [2.05, 4.69) is 58.0 Å². The first-order valence-corrected chi connectivity index (χ1v) is 11.6. The molecule has 0 fully saturated rings. The zero-order chi connectivity index (χ0) is 22.6. The van der Waals surface area contributed by atoms with E-state index in [4.69, 9.17) is 15.5 Å². The van der Waals surface area contributed by atoms with E-state index in [1.54, 1.807) is 0 Å². The third-order valence-electron chi connectivity index (χ3n) is 6.92. The molecule has 2 N–H and O–H groups in total. The topological polar surface area (TPSA) is 89.5 Å². The minimum absolute atomic E-state index is 0.234. The van der Waals surface area contributed by atoms with Gasteiger partial charge in [-0.15, -0.1) is 0 Å². The van der Waals surface area contributed by atoms with Crippen LogP contribution in [0.1, 0.15) is 42.8 Å². The third kappa shape index (κ3) is 3.71. The van der Waals surface area contributed by atoms with Crippen LogP contribution in [0.15, 0.2) is 35.5 Å². The number of aromatic nitrogens is 3. The van der Waals surface area contributed by atoms with Gasteiger partial charge < -0.3 is 15.4 Å². The number of hydrogen-bond donors (Lipinski definition) is 1. The summed E-state index contributed by atoms with van der Waals surface area (Å²) < 4.78 is 6.12. The van der Waals surface area contributed by atoms with E-state index in [1.165, 1.54) is 5.56 Å². The summed E-state index contributed by atoms with van der Waals surface area (Å²) in [4.78, 5) is 20.7. The number of aliphatic imine (C=N–C) groups is 1. The minimum Gasteiger partial charge on any atom is -0.491 e. The Bertz CT molecular complexity index is 1280. The summed E-state index contributed by atoms with van der Waals surface area (Å²) >= 11 is 0. The number of nitrogens with two attached hydrogens (primary N) is 1. The van der Waals surface area contributed by atoms with Gasteiger partial charge >= 0.3 is 0 Å². The number of anilines is 2. The summed E-state index contributed by atoms with van der Waals surface area (Å²) in [5, 5.41) is 0. The average molecular weight is 441 g/mol. The van der Waals surface area contributed by atoms with Gasteiger partial charge in [-0.1, -0.05) is 19.9 Å². The highest BCUT2D eigenvalue weighted by Crippen LogP contribution is 2.39. The second-order valence-electron chi connectivity index (χ2n) is 9.97. The molecule has 0 atom stereocenters. The predicted octanol–water partition coefficient (Wildman–Crippen LogP) is 4.29. The van der Waals surface area contributed by atoms with E-state index in [-0.39, 0.29) is 5.41 Å². The average Bonchev–Trinajstić information content (AvgIpc) is 3.16. The van der Waals surface area contributed by atoms with Gasteiger partial charge in [-0.25, -0.2) is 4.98 Å². The van der Waals surface area contributed by atoms with Gasteiger partial charge in [0.1, 0.15) is 18.2 Å². The van der Waals surface area contributed by atoms with Gasteiger partial charge in [0.25, 0.3) is 0 Å². The van der Waals surface area contributed by atoms with Crippen molar-refractivity contribution in [1.82, 2.24) is 15.0 Å². The molecule has 0 unspecified atom stereocenters. The summed E-state index contributed by atoms with van der Waals surface area (Å²) in [7, 11) is 0. The lowest BCUT2D eigenvalue weighted by molar-refractivity contribution is 0.311. The van der Waals surface area contributed by atoms with E-state index in [9.17, 15) is 0 Å². The maximum Gasteiger partial charge on any atom is 0.222 e. The van der Waals surface area contributed by atoms with E-state index < -0.39 is 0 Å². The van der Waals surface area contributed by atoms with Gasteiger partial charge in [-0.2, -0.15) is 4.98 Å². The number of rotatable bonds is 2. The zero-order valence-corrected chi connectivity index (χ0v) is 19.1. The maximum atomic E-state index is 6.14. The summed E-state index contributed by atoms with van der Waals surface area (Å²) in [5.41, 5.74) is 14.0. The lowest BCUT2D eigenvalue weighted by Gasteiger charge is -2.34. The van der Waals surface area contributed by atoms with Crippen LogP contribution in [0.3, 0.4) is 0 Å². The molecule has 2 aromatic heterocycles. The van der Waals surface area contributed by atoms with Crippen molar-refractivity contribution in [3.05, 3.63) is 53.0 Å². The molecule has 1 aromatic carbocycles. The van der Waals surface area contributed by atoms with E-state index in [0.29, 0.717) is 19.1 Å². The second kappa shape index (κ2) is 7.54. The van der Waals surface area contributed by atoms with E-state index >= 15 is 0 Å². The predicted molar refractivity (Wildman–Crippen MR) is 130 cm³/mol. The number of nitrogen functional groups attached to an aromatic ring is 1. The number of aryl methyl sites for hydroxylation is 1. The number of nitrogens with zero attached hydrogens (tertiary/aromatic N) is 5. The Labute approximate surface area is 193 Å². The van der Waals surface area contributed by atoms with Gasteiger partial charge in [0.15, 0.2) is 0 Å². The molecular formula is C26H28N6O. The highest BCUT2D eigenvalue weighted by Gasteiger charge is 2.31. The fourth-order valence-corrected chi connectivity index (χ4v) is 5.10. The van der Waals surface area contributed by atoms with E-state index in [0.717, 1.165) is 77.6 Å². The van der Waals surface area contributed by atoms with Crippen LogP contribution in [0, 0.1) is 5.41 Å². The number of fused-ring (bicyclic) bond motifs is 3. The van der Waals surface area contributed by atoms with E-state index in [1.807, 2.05) is 12.4 Å². The van der Waals surface area contributed by atoms with Gasteiger partial charge in [-0.3, -0.25) is 9.98 Å². The fourth-order valence-electron chi connectivity index (χ4n) is 5.10. The summed E-state index contributed by atoms with van der Waals surface area (Å²) in [5.74, 6) is 2.23. The molecule has 0 spiro atoms. The Morgan fingerprint density at radius 2 is 2.00 bits per heavy atom. The van der Waals surface area contributed by atoms with Gasteiger partial charge in [0.2, 0.25) is 5.95 Å². The third-order valence-corrected chi connectivity index (χ3v) is 6.92. The quantitative estimate of drug-likeness (QED) is 0.639. The highest BCUT2D eigenvalue weighted by atomic mass is 16.5. The fraction of sp³-hybridized carbons (Fsp3) is 0.385. The second-order valence-corrected chi connectivity index (χ2v) is 9.97. The molecule has 0 saturated carbocycles. The van der Waals surface area contributed by atoms with Crippen molar-refractivity contribution < 1.29 is 4.74 Å². The largest absolute Gasteiger partial charge is 0.491 e. The molecule has 0 radical (unpaired) electrons. The van der Waals surface area contributed by atoms with Crippen molar-refractivity contribution >= 4 is 23.7 Å². The van der Waals surface area contributed by atoms with Crippen molar-refractivity contribution in [3.63, 3.8) is 0 Å². The summed E-state index contributed by atoms with van der Waals surface area (Å²) in [6.45, 7) is 6.70. The van der Waals surface area contributed by atoms with Gasteiger partial charge in [0, 0.05) is 42.1 Å². The van der Waals surface area contributed by atoms with Crippen LogP contribution in [0.25, 0.3) is 11.1 Å². The number of benzene rings is 1. The molecule has 0 bridgehead atoms. The molecule has 7 heteroatoms. The lowest BCUT2D eigenvalue weighted by Crippen LogP contribution is -2.31. The Morgan fingerprint density at radius 1 is 1.09 bits per heavy atom. The van der Waals surface area contributed by atoms with Gasteiger partial charge in [0.05, 0.1) is 23.6 Å². The molecule has 4 heterocycles. The van der Waals surface area contributed by atoms with Crippen molar-refractivity contribution in [2.24, 2.45) is 10.4 Å². The molecule has 7 nitrogen and oxygen atoms in total. The van der Waals surface area contributed by atoms with Crippen molar-refractivity contribution in [3.8, 4) is 16.9 Å². The van der Waals surface area contributed by atoms with Gasteiger partial charge in [-0.05, 0) is 48.4 Å². The zero-order valence-electron chi connectivity index (χ0n) is 19.1. The molecule has 2 aliphatic heterocycles. The Balaban J connectivity index is 1.37. The molecule has 0 amide bonds. The molecule has 33 heavy (non-hydrogen) atoms. The van der Waals surface area contributed by atoms with Crippen LogP contribution in [-0.2, 0) is 25.8 Å². The number of hydrogen-bond acceptors (Lipinski definition) is 7. The first kappa shape index (κ1) is 20.1. The SMILES string of the molecule is CC1(C)CCc2nc(N)nc(N3CCOc4ccc(-c5cnc6c(c5)N=CC6)cc4C3)c2C1. The number of pyridine rings is 1. The number of ether oxygens (including phenoxy) is 1. The summed E-state index contributed by atoms with van der Waals surface area (Å²) in [6, 6.07) is 8.49. The van der Waals surface area contributed by atoms with Crippen LogP contribution < -0.4 is 15.4 Å². The first-order chi connectivity index (χ1) is 15.9. The monoisotopic (exact) mass is 440 g/mol. The van der Waals surface area contributed by atoms with Crippen molar-refractivity contribution in [2.45, 2.75) is 46.1 Å². The highest BCUT2D eigenvalue weighted by molar-refractivity contribution is 5.78. The molecule has 0 saturated heterocycles. The molecular weight excluding hydrogens is 412 g/mol. The van der Waals surface area contributed by atoms with Crippen LogP contribution in [-0.4, -0.2) is 34.3 Å². The van der Waals surface area contributed by atoms with Crippen LogP contribution >= 0.6 is 0 Å². The normalized spacial score (nSPS) is 18.2. The minimum atomic E-state index is 0.234.